The van der Waals surface area contributed by atoms with Gasteiger partial charge in [0.15, 0.2) is 0 Å². The molecule has 2 heteroatoms. The summed E-state index contributed by atoms with van der Waals surface area (Å²) in [6, 6.07) is 0. The molecular formula is C8H12O2. The van der Waals surface area contributed by atoms with Gasteiger partial charge in [0.25, 0.3) is 0 Å². The summed E-state index contributed by atoms with van der Waals surface area (Å²) in [5.41, 5.74) is 0. The minimum atomic E-state index is -0.711. The first-order chi connectivity index (χ1) is 4.75. The normalized spacial score (nSPS) is 23.3. The van der Waals surface area contributed by atoms with E-state index in [1.54, 1.807) is 0 Å². The summed E-state index contributed by atoms with van der Waals surface area (Å²) >= 11 is 0. The molecule has 0 aromatic carbocycles. The van der Waals surface area contributed by atoms with Crippen molar-refractivity contribution in [3.05, 3.63) is 0 Å². The molecule has 2 unspecified atom stereocenters. The third kappa shape index (κ3) is 1.73. The highest BCUT2D eigenvalue weighted by atomic mass is 16.3. The quantitative estimate of drug-likeness (QED) is 0.547. The van der Waals surface area contributed by atoms with Crippen LogP contribution in [0, 0.1) is 18.3 Å². The molecule has 1 aliphatic carbocycles. The van der Waals surface area contributed by atoms with Crippen LogP contribution in [0.1, 0.15) is 19.3 Å². The summed E-state index contributed by atoms with van der Waals surface area (Å²) in [6.45, 7) is 0. The van der Waals surface area contributed by atoms with Crippen molar-refractivity contribution in [1.29, 1.82) is 0 Å². The van der Waals surface area contributed by atoms with Gasteiger partial charge in [0.2, 0.25) is 0 Å². The Bertz CT molecular complexity index is 144. The van der Waals surface area contributed by atoms with Crippen molar-refractivity contribution in [1.82, 2.24) is 0 Å². The zero-order valence-corrected chi connectivity index (χ0v) is 5.83. The van der Waals surface area contributed by atoms with Crippen molar-refractivity contribution in [3.8, 4) is 12.3 Å². The number of hydrogen-bond acceptors (Lipinski definition) is 2. The number of aliphatic hydroxyl groups is 2. The maximum atomic E-state index is 9.24. The first-order valence-electron chi connectivity index (χ1n) is 3.55. The van der Waals surface area contributed by atoms with Crippen molar-refractivity contribution < 1.29 is 10.2 Å². The van der Waals surface area contributed by atoms with Crippen LogP contribution in [0.5, 0.6) is 0 Å². The second-order valence-corrected chi connectivity index (χ2v) is 2.80. The van der Waals surface area contributed by atoms with Crippen LogP contribution in [0.2, 0.25) is 0 Å². The molecule has 1 aliphatic rings. The SMILES string of the molecule is C#CCC(O)C(O)C1CC1. The summed E-state index contributed by atoms with van der Waals surface area (Å²) < 4.78 is 0. The molecule has 2 nitrogen and oxygen atoms in total. The van der Waals surface area contributed by atoms with Crippen LogP contribution < -0.4 is 0 Å². The molecule has 0 bridgehead atoms. The number of hydrogen-bond donors (Lipinski definition) is 2. The maximum absolute atomic E-state index is 9.24. The van der Waals surface area contributed by atoms with E-state index in [2.05, 4.69) is 5.92 Å². The molecule has 56 valence electrons. The van der Waals surface area contributed by atoms with Crippen molar-refractivity contribution in [2.75, 3.05) is 0 Å². The van der Waals surface area contributed by atoms with E-state index in [0.717, 1.165) is 12.8 Å². The Labute approximate surface area is 60.9 Å². The lowest BCUT2D eigenvalue weighted by molar-refractivity contribution is 0.00947. The smallest absolute Gasteiger partial charge is 0.0910 e. The van der Waals surface area contributed by atoms with E-state index >= 15 is 0 Å². The van der Waals surface area contributed by atoms with E-state index < -0.39 is 12.2 Å². The van der Waals surface area contributed by atoms with E-state index in [9.17, 15) is 5.11 Å². The largest absolute Gasteiger partial charge is 0.390 e. The van der Waals surface area contributed by atoms with E-state index in [0.29, 0.717) is 5.92 Å². The molecule has 0 spiro atoms. The summed E-state index contributed by atoms with van der Waals surface area (Å²) in [4.78, 5) is 0. The van der Waals surface area contributed by atoms with Gasteiger partial charge in [0.1, 0.15) is 0 Å². The van der Waals surface area contributed by atoms with Crippen molar-refractivity contribution in [3.63, 3.8) is 0 Å². The lowest BCUT2D eigenvalue weighted by Crippen LogP contribution is -2.27. The monoisotopic (exact) mass is 140 g/mol. The second kappa shape index (κ2) is 3.05. The van der Waals surface area contributed by atoms with Crippen LogP contribution in [-0.2, 0) is 0 Å². The fourth-order valence-electron chi connectivity index (χ4n) is 0.993. The van der Waals surface area contributed by atoms with Gasteiger partial charge < -0.3 is 10.2 Å². The highest BCUT2D eigenvalue weighted by molar-refractivity contribution is 4.93. The second-order valence-electron chi connectivity index (χ2n) is 2.80. The zero-order valence-electron chi connectivity index (χ0n) is 5.83. The Hall–Kier alpha value is -0.520. The molecular weight excluding hydrogens is 128 g/mol. The highest BCUT2D eigenvalue weighted by Gasteiger charge is 2.33. The Morgan fingerprint density at radius 3 is 2.50 bits per heavy atom. The van der Waals surface area contributed by atoms with Crippen LogP contribution in [-0.4, -0.2) is 22.4 Å². The van der Waals surface area contributed by atoms with Crippen molar-refractivity contribution in [2.24, 2.45) is 5.92 Å². The molecule has 1 rings (SSSR count). The van der Waals surface area contributed by atoms with Gasteiger partial charge in [-0.25, -0.2) is 0 Å². The molecule has 0 radical (unpaired) electrons. The first-order valence-corrected chi connectivity index (χ1v) is 3.55. The third-order valence-electron chi connectivity index (χ3n) is 1.83. The molecule has 0 aromatic rings. The van der Waals surface area contributed by atoms with Crippen LogP contribution in [0.4, 0.5) is 0 Å². The molecule has 2 atom stereocenters. The summed E-state index contributed by atoms with van der Waals surface area (Å²) in [6.07, 6.45) is 5.99. The first kappa shape index (κ1) is 7.59. The molecule has 0 aromatic heterocycles. The van der Waals surface area contributed by atoms with Crippen LogP contribution in [0.3, 0.4) is 0 Å². The predicted octanol–water partition coefficient (Wildman–Crippen LogP) is 0.141. The lowest BCUT2D eigenvalue weighted by atomic mass is 10.1. The van der Waals surface area contributed by atoms with Crippen LogP contribution in [0.25, 0.3) is 0 Å². The molecule has 0 heterocycles. The van der Waals surface area contributed by atoms with Gasteiger partial charge in [-0.3, -0.25) is 0 Å². The predicted molar refractivity (Wildman–Crippen MR) is 38.2 cm³/mol. The topological polar surface area (TPSA) is 40.5 Å². The van der Waals surface area contributed by atoms with Gasteiger partial charge in [0, 0.05) is 6.42 Å². The van der Waals surface area contributed by atoms with Crippen LogP contribution >= 0.6 is 0 Å². The van der Waals surface area contributed by atoms with Gasteiger partial charge in [-0.05, 0) is 18.8 Å². The minimum Gasteiger partial charge on any atom is -0.390 e. The number of terminal acetylenes is 1. The van der Waals surface area contributed by atoms with E-state index in [4.69, 9.17) is 11.5 Å². The molecule has 10 heavy (non-hydrogen) atoms. The lowest BCUT2D eigenvalue weighted by Gasteiger charge is -2.13. The van der Waals surface area contributed by atoms with Gasteiger partial charge in [-0.1, -0.05) is 0 Å². The van der Waals surface area contributed by atoms with Gasteiger partial charge in [0.05, 0.1) is 12.2 Å². The third-order valence-corrected chi connectivity index (χ3v) is 1.83. The average Bonchev–Trinajstić information content (AvgIpc) is 2.68. The maximum Gasteiger partial charge on any atom is 0.0910 e. The van der Waals surface area contributed by atoms with Crippen LogP contribution in [0.15, 0.2) is 0 Å². The Morgan fingerprint density at radius 1 is 1.50 bits per heavy atom. The average molecular weight is 140 g/mol. The fourth-order valence-corrected chi connectivity index (χ4v) is 0.993. The molecule has 2 N–H and O–H groups in total. The van der Waals surface area contributed by atoms with Crippen molar-refractivity contribution >= 4 is 0 Å². The molecule has 0 aliphatic heterocycles. The highest BCUT2D eigenvalue weighted by Crippen LogP contribution is 2.34. The zero-order chi connectivity index (χ0) is 7.56. The standard InChI is InChI=1S/C8H12O2/c1-2-3-7(9)8(10)6-4-5-6/h1,6-10H,3-5H2. The summed E-state index contributed by atoms with van der Waals surface area (Å²) in [5, 5.41) is 18.4. The Kier molecular flexibility index (Phi) is 2.31. The van der Waals surface area contributed by atoms with E-state index in [-0.39, 0.29) is 6.42 Å². The van der Waals surface area contributed by atoms with Gasteiger partial charge in [-0.15, -0.1) is 12.3 Å². The van der Waals surface area contributed by atoms with Gasteiger partial charge >= 0.3 is 0 Å². The van der Waals surface area contributed by atoms with Gasteiger partial charge in [-0.2, -0.15) is 0 Å². The Morgan fingerprint density at radius 2 is 2.10 bits per heavy atom. The van der Waals surface area contributed by atoms with E-state index in [1.165, 1.54) is 0 Å². The van der Waals surface area contributed by atoms with Crippen molar-refractivity contribution in [2.45, 2.75) is 31.5 Å². The fraction of sp³-hybridized carbons (Fsp3) is 0.750. The summed E-state index contributed by atoms with van der Waals surface area (Å²) in [7, 11) is 0. The minimum absolute atomic E-state index is 0.262. The Balaban J connectivity index is 2.25. The molecule has 1 saturated carbocycles. The molecule has 1 fully saturated rings. The molecule has 0 saturated heterocycles. The summed E-state index contributed by atoms with van der Waals surface area (Å²) in [5.74, 6) is 2.63. The van der Waals surface area contributed by atoms with E-state index in [1.807, 2.05) is 0 Å². The molecule has 0 amide bonds. The number of rotatable bonds is 3. The number of aliphatic hydroxyl groups excluding tert-OH is 2.